The average molecular weight is 172 g/mol. The van der Waals surface area contributed by atoms with Crippen molar-refractivity contribution in [3.8, 4) is 0 Å². The van der Waals surface area contributed by atoms with Gasteiger partial charge in [0.25, 0.3) is 0 Å². The average Bonchev–Trinajstić information content (AvgIpc) is 2.02. The van der Waals surface area contributed by atoms with Crippen molar-refractivity contribution in [1.82, 2.24) is 0 Å². The van der Waals surface area contributed by atoms with E-state index in [4.69, 9.17) is 0 Å². The van der Waals surface area contributed by atoms with Crippen molar-refractivity contribution < 1.29 is 10.2 Å². The van der Waals surface area contributed by atoms with E-state index in [1.54, 1.807) is 0 Å². The lowest BCUT2D eigenvalue weighted by molar-refractivity contribution is -0.172. The standard InChI is InChI=1S/C10H20O2/c11-10(12)8-6-4-2-1-3-5-7-9-10/h11-12H,1-9H2. The monoisotopic (exact) mass is 172 g/mol. The van der Waals surface area contributed by atoms with Gasteiger partial charge in [-0.2, -0.15) is 0 Å². The molecule has 1 fully saturated rings. The Morgan fingerprint density at radius 2 is 0.917 bits per heavy atom. The van der Waals surface area contributed by atoms with Crippen LogP contribution in [0.15, 0.2) is 0 Å². The van der Waals surface area contributed by atoms with Gasteiger partial charge in [0.05, 0.1) is 0 Å². The Kier molecular flexibility index (Phi) is 4.02. The Morgan fingerprint density at radius 3 is 1.33 bits per heavy atom. The molecule has 0 bridgehead atoms. The Morgan fingerprint density at radius 1 is 0.583 bits per heavy atom. The summed E-state index contributed by atoms with van der Waals surface area (Å²) >= 11 is 0. The number of hydrogen-bond acceptors (Lipinski definition) is 2. The van der Waals surface area contributed by atoms with Gasteiger partial charge in [-0.15, -0.1) is 0 Å². The molecule has 0 amide bonds. The highest BCUT2D eigenvalue weighted by atomic mass is 16.5. The first kappa shape index (κ1) is 10.0. The van der Waals surface area contributed by atoms with Crippen molar-refractivity contribution in [3.63, 3.8) is 0 Å². The van der Waals surface area contributed by atoms with Crippen molar-refractivity contribution in [2.45, 2.75) is 63.6 Å². The first-order chi connectivity index (χ1) is 5.71. The Bertz CT molecular complexity index is 109. The molecule has 0 atom stereocenters. The Labute approximate surface area is 74.6 Å². The van der Waals surface area contributed by atoms with E-state index in [1.807, 2.05) is 0 Å². The van der Waals surface area contributed by atoms with Crippen molar-refractivity contribution >= 4 is 0 Å². The minimum Gasteiger partial charge on any atom is -0.366 e. The first-order valence-corrected chi connectivity index (χ1v) is 5.15. The third kappa shape index (κ3) is 4.07. The van der Waals surface area contributed by atoms with Crippen LogP contribution in [0.3, 0.4) is 0 Å². The zero-order valence-electron chi connectivity index (χ0n) is 7.76. The van der Waals surface area contributed by atoms with Gasteiger partial charge in [0.2, 0.25) is 0 Å². The van der Waals surface area contributed by atoms with Crippen LogP contribution < -0.4 is 0 Å². The molecule has 0 aromatic rings. The number of hydrogen-bond donors (Lipinski definition) is 2. The molecular weight excluding hydrogens is 152 g/mol. The zero-order chi connectivity index (χ0) is 8.86. The van der Waals surface area contributed by atoms with Gasteiger partial charge in [-0.1, -0.05) is 32.1 Å². The largest absolute Gasteiger partial charge is 0.366 e. The Hall–Kier alpha value is -0.0800. The van der Waals surface area contributed by atoms with Crippen LogP contribution in [0.4, 0.5) is 0 Å². The minimum atomic E-state index is -1.36. The van der Waals surface area contributed by atoms with Gasteiger partial charge in [0, 0.05) is 12.8 Å². The quantitative estimate of drug-likeness (QED) is 0.550. The van der Waals surface area contributed by atoms with E-state index in [0.717, 1.165) is 25.7 Å². The summed E-state index contributed by atoms with van der Waals surface area (Å²) in [6.07, 6.45) is 9.21. The SMILES string of the molecule is OC1(O)CCCCCCCCC1. The first-order valence-electron chi connectivity index (χ1n) is 5.15. The van der Waals surface area contributed by atoms with Crippen LogP contribution in [0.2, 0.25) is 0 Å². The molecule has 1 saturated carbocycles. The van der Waals surface area contributed by atoms with Crippen molar-refractivity contribution in [2.75, 3.05) is 0 Å². The summed E-state index contributed by atoms with van der Waals surface area (Å²) in [5, 5.41) is 18.9. The second kappa shape index (κ2) is 4.83. The van der Waals surface area contributed by atoms with Crippen molar-refractivity contribution in [3.05, 3.63) is 0 Å². The fourth-order valence-electron chi connectivity index (χ4n) is 1.83. The predicted octanol–water partition coefficient (Wildman–Crippen LogP) is 2.19. The molecule has 0 aromatic heterocycles. The maximum atomic E-state index is 9.45. The molecule has 0 spiro atoms. The zero-order valence-corrected chi connectivity index (χ0v) is 7.76. The molecule has 2 N–H and O–H groups in total. The molecule has 1 rings (SSSR count). The molecule has 0 heterocycles. The van der Waals surface area contributed by atoms with Crippen LogP contribution in [0.25, 0.3) is 0 Å². The fraction of sp³-hybridized carbons (Fsp3) is 1.00. The number of rotatable bonds is 0. The molecule has 0 aliphatic heterocycles. The van der Waals surface area contributed by atoms with Crippen LogP contribution in [0.1, 0.15) is 57.8 Å². The lowest BCUT2D eigenvalue weighted by Crippen LogP contribution is -2.27. The van der Waals surface area contributed by atoms with E-state index in [0.29, 0.717) is 12.8 Å². The van der Waals surface area contributed by atoms with Gasteiger partial charge in [-0.3, -0.25) is 0 Å². The van der Waals surface area contributed by atoms with E-state index < -0.39 is 5.79 Å². The third-order valence-electron chi connectivity index (χ3n) is 2.65. The summed E-state index contributed by atoms with van der Waals surface area (Å²) in [4.78, 5) is 0. The fourth-order valence-corrected chi connectivity index (χ4v) is 1.83. The highest BCUT2D eigenvalue weighted by molar-refractivity contribution is 4.66. The highest BCUT2D eigenvalue weighted by Crippen LogP contribution is 2.22. The van der Waals surface area contributed by atoms with E-state index in [-0.39, 0.29) is 0 Å². The molecule has 0 radical (unpaired) electrons. The molecular formula is C10H20O2. The van der Waals surface area contributed by atoms with E-state index >= 15 is 0 Å². The maximum Gasteiger partial charge on any atom is 0.162 e. The molecule has 12 heavy (non-hydrogen) atoms. The van der Waals surface area contributed by atoms with Gasteiger partial charge < -0.3 is 10.2 Å². The van der Waals surface area contributed by atoms with Gasteiger partial charge in [-0.05, 0) is 12.8 Å². The molecule has 0 saturated heterocycles. The van der Waals surface area contributed by atoms with Crippen molar-refractivity contribution in [2.24, 2.45) is 0 Å². The summed E-state index contributed by atoms with van der Waals surface area (Å²) in [6, 6.07) is 0. The highest BCUT2D eigenvalue weighted by Gasteiger charge is 2.21. The summed E-state index contributed by atoms with van der Waals surface area (Å²) in [5.41, 5.74) is 0. The normalized spacial score (nSPS) is 26.5. The van der Waals surface area contributed by atoms with E-state index in [9.17, 15) is 10.2 Å². The number of aliphatic hydroxyl groups is 2. The van der Waals surface area contributed by atoms with Crippen LogP contribution >= 0.6 is 0 Å². The molecule has 0 unspecified atom stereocenters. The van der Waals surface area contributed by atoms with Crippen LogP contribution in [0.5, 0.6) is 0 Å². The molecule has 2 nitrogen and oxygen atoms in total. The molecule has 0 aromatic carbocycles. The van der Waals surface area contributed by atoms with Gasteiger partial charge in [0.15, 0.2) is 5.79 Å². The van der Waals surface area contributed by atoms with Crippen LogP contribution in [-0.4, -0.2) is 16.0 Å². The lowest BCUT2D eigenvalue weighted by Gasteiger charge is -2.22. The maximum absolute atomic E-state index is 9.45. The van der Waals surface area contributed by atoms with Crippen molar-refractivity contribution in [1.29, 1.82) is 0 Å². The van der Waals surface area contributed by atoms with Crippen LogP contribution in [0, 0.1) is 0 Å². The lowest BCUT2D eigenvalue weighted by atomic mass is 9.97. The summed E-state index contributed by atoms with van der Waals surface area (Å²) in [5.74, 6) is -1.36. The van der Waals surface area contributed by atoms with Gasteiger partial charge in [0.1, 0.15) is 0 Å². The Balaban J connectivity index is 2.27. The van der Waals surface area contributed by atoms with E-state index in [2.05, 4.69) is 0 Å². The molecule has 72 valence electrons. The van der Waals surface area contributed by atoms with Crippen LogP contribution in [-0.2, 0) is 0 Å². The molecule has 1 aliphatic carbocycles. The van der Waals surface area contributed by atoms with Gasteiger partial charge >= 0.3 is 0 Å². The summed E-state index contributed by atoms with van der Waals surface area (Å²) in [7, 11) is 0. The van der Waals surface area contributed by atoms with Gasteiger partial charge in [-0.25, -0.2) is 0 Å². The second-order valence-corrected chi connectivity index (χ2v) is 3.96. The third-order valence-corrected chi connectivity index (χ3v) is 2.65. The molecule has 2 heteroatoms. The predicted molar refractivity (Wildman–Crippen MR) is 48.7 cm³/mol. The minimum absolute atomic E-state index is 0.562. The second-order valence-electron chi connectivity index (χ2n) is 3.96. The summed E-state index contributed by atoms with van der Waals surface area (Å²) in [6.45, 7) is 0. The smallest absolute Gasteiger partial charge is 0.162 e. The topological polar surface area (TPSA) is 40.5 Å². The molecule has 1 aliphatic rings. The summed E-state index contributed by atoms with van der Waals surface area (Å²) < 4.78 is 0. The van der Waals surface area contributed by atoms with E-state index in [1.165, 1.54) is 19.3 Å².